The molecule has 0 aromatic heterocycles. The molecule has 2 rings (SSSR count). The van der Waals surface area contributed by atoms with Crippen LogP contribution in [0.25, 0.3) is 0 Å². The minimum atomic E-state index is -0.995. The maximum absolute atomic E-state index is 12.1. The van der Waals surface area contributed by atoms with Crippen molar-refractivity contribution in [2.75, 3.05) is 12.4 Å². The molecular formula is C18H19ClO4S. The van der Waals surface area contributed by atoms with Gasteiger partial charge in [0.05, 0.1) is 0 Å². The van der Waals surface area contributed by atoms with Crippen LogP contribution in [0.3, 0.4) is 0 Å². The summed E-state index contributed by atoms with van der Waals surface area (Å²) in [7, 11) is 0. The van der Waals surface area contributed by atoms with Gasteiger partial charge in [-0.3, -0.25) is 0 Å². The molecule has 0 heterocycles. The predicted octanol–water partition coefficient (Wildman–Crippen LogP) is 3.93. The Hall–Kier alpha value is -1.69. The Labute approximate surface area is 149 Å². The number of carbonyl (C=O) groups is 1. The summed E-state index contributed by atoms with van der Waals surface area (Å²) in [5.41, 5.74) is 1.15. The molecule has 1 unspecified atom stereocenters. The largest absolute Gasteiger partial charge is 0.611 e. The van der Waals surface area contributed by atoms with Crippen LogP contribution in [0.1, 0.15) is 18.4 Å². The van der Waals surface area contributed by atoms with Gasteiger partial charge in [0, 0.05) is 5.02 Å². The van der Waals surface area contributed by atoms with E-state index in [4.69, 9.17) is 21.4 Å². The van der Waals surface area contributed by atoms with E-state index in [-0.39, 0.29) is 6.61 Å². The Morgan fingerprint density at radius 2 is 1.75 bits per heavy atom. The molecule has 0 spiro atoms. The number of rotatable bonds is 9. The lowest BCUT2D eigenvalue weighted by atomic mass is 10.1. The number of aliphatic carboxylic acids is 1. The number of carboxylic acids is 1. The lowest BCUT2D eigenvalue weighted by Crippen LogP contribution is -2.09. The van der Waals surface area contributed by atoms with Gasteiger partial charge in [-0.25, -0.2) is 4.79 Å². The summed E-state index contributed by atoms with van der Waals surface area (Å²) in [5.74, 6) is 0.180. The molecule has 4 nitrogen and oxygen atoms in total. The van der Waals surface area contributed by atoms with E-state index in [0.717, 1.165) is 29.7 Å². The van der Waals surface area contributed by atoms with Crippen LogP contribution in [0.5, 0.6) is 5.75 Å². The third-order valence-electron chi connectivity index (χ3n) is 3.41. The zero-order valence-electron chi connectivity index (χ0n) is 13.1. The average molecular weight is 367 g/mol. The summed E-state index contributed by atoms with van der Waals surface area (Å²) in [4.78, 5) is 11.2. The highest BCUT2D eigenvalue weighted by molar-refractivity contribution is 7.91. The molecule has 1 N–H and O–H groups in total. The predicted molar refractivity (Wildman–Crippen MR) is 95.2 cm³/mol. The molecule has 0 fully saturated rings. The van der Waals surface area contributed by atoms with E-state index in [0.29, 0.717) is 16.5 Å². The highest BCUT2D eigenvalue weighted by Crippen LogP contribution is 2.18. The van der Waals surface area contributed by atoms with E-state index in [9.17, 15) is 9.35 Å². The van der Waals surface area contributed by atoms with E-state index < -0.39 is 17.1 Å². The van der Waals surface area contributed by atoms with E-state index in [2.05, 4.69) is 0 Å². The van der Waals surface area contributed by atoms with Gasteiger partial charge in [-0.05, 0) is 72.4 Å². The molecule has 1 atom stereocenters. The second-order valence-corrected chi connectivity index (χ2v) is 7.29. The van der Waals surface area contributed by atoms with Gasteiger partial charge in [0.1, 0.15) is 11.5 Å². The minimum absolute atomic E-state index is 0.337. The fourth-order valence-electron chi connectivity index (χ4n) is 2.16. The first-order chi connectivity index (χ1) is 11.5. The van der Waals surface area contributed by atoms with E-state index in [1.54, 1.807) is 36.4 Å². The molecule has 24 heavy (non-hydrogen) atoms. The molecule has 0 aliphatic heterocycles. The summed E-state index contributed by atoms with van der Waals surface area (Å²) >= 11 is 4.83. The second kappa shape index (κ2) is 9.57. The van der Waals surface area contributed by atoms with Crippen LogP contribution < -0.4 is 4.74 Å². The van der Waals surface area contributed by atoms with Gasteiger partial charge in [0.15, 0.2) is 11.5 Å². The number of aryl methyl sites for hydroxylation is 1. The van der Waals surface area contributed by atoms with Crippen LogP contribution in [0.4, 0.5) is 0 Å². The number of benzene rings is 2. The maximum Gasteiger partial charge on any atom is 0.341 e. The van der Waals surface area contributed by atoms with Gasteiger partial charge < -0.3 is 14.4 Å². The fraction of sp³-hybridized carbons (Fsp3) is 0.278. The van der Waals surface area contributed by atoms with Gasteiger partial charge >= 0.3 is 5.97 Å². The third-order valence-corrected chi connectivity index (χ3v) is 5.12. The van der Waals surface area contributed by atoms with Gasteiger partial charge in [0.2, 0.25) is 0 Å². The number of carboxylic acid groups (broad SMARTS) is 1. The van der Waals surface area contributed by atoms with Crippen molar-refractivity contribution in [3.05, 3.63) is 59.1 Å². The molecule has 0 bridgehead atoms. The van der Waals surface area contributed by atoms with E-state index in [1.807, 2.05) is 12.1 Å². The first-order valence-electron chi connectivity index (χ1n) is 7.62. The van der Waals surface area contributed by atoms with Crippen molar-refractivity contribution in [3.8, 4) is 5.75 Å². The topological polar surface area (TPSA) is 69.6 Å². The molecule has 0 aliphatic rings. The standard InChI is InChI=1S/C18H19ClO4S/c19-15-6-10-17(11-7-15)24(22)12-2-1-3-14-4-8-16(9-5-14)23-13-18(20)21/h4-11H,1-3,12-13H2,(H,20,21). The number of hydrogen-bond donors (Lipinski definition) is 1. The van der Waals surface area contributed by atoms with Crippen LogP contribution in [-0.4, -0.2) is 28.0 Å². The van der Waals surface area contributed by atoms with E-state index >= 15 is 0 Å². The Kier molecular flexibility index (Phi) is 7.43. The van der Waals surface area contributed by atoms with Crippen molar-refractivity contribution >= 4 is 28.7 Å². The van der Waals surface area contributed by atoms with Crippen LogP contribution in [0.15, 0.2) is 53.4 Å². The zero-order valence-corrected chi connectivity index (χ0v) is 14.7. The zero-order chi connectivity index (χ0) is 17.4. The normalized spacial score (nSPS) is 11.9. The molecule has 2 aromatic rings. The monoisotopic (exact) mass is 366 g/mol. The Balaban J connectivity index is 1.70. The summed E-state index contributed by atoms with van der Waals surface area (Å²) in [5, 5.41) is 9.20. The summed E-state index contributed by atoms with van der Waals surface area (Å²) in [6.45, 7) is -0.337. The number of hydrogen-bond acceptors (Lipinski definition) is 3. The van der Waals surface area contributed by atoms with Gasteiger partial charge in [-0.1, -0.05) is 23.7 Å². The van der Waals surface area contributed by atoms with Crippen LogP contribution in [0.2, 0.25) is 5.02 Å². The van der Waals surface area contributed by atoms with Crippen molar-refractivity contribution in [1.29, 1.82) is 0 Å². The van der Waals surface area contributed by atoms with E-state index in [1.165, 1.54) is 0 Å². The quantitative estimate of drug-likeness (QED) is 0.539. The average Bonchev–Trinajstić information content (AvgIpc) is 2.58. The highest BCUT2D eigenvalue weighted by atomic mass is 35.5. The first-order valence-corrected chi connectivity index (χ1v) is 9.32. The lowest BCUT2D eigenvalue weighted by molar-refractivity contribution is -0.139. The molecule has 0 saturated heterocycles. The molecule has 128 valence electrons. The molecule has 2 aromatic carbocycles. The summed E-state index contributed by atoms with van der Waals surface area (Å²) < 4.78 is 17.2. The number of unbranched alkanes of at least 4 members (excludes halogenated alkanes) is 1. The van der Waals surface area contributed by atoms with Crippen molar-refractivity contribution in [1.82, 2.24) is 0 Å². The molecule has 6 heteroatoms. The highest BCUT2D eigenvalue weighted by Gasteiger charge is 2.10. The lowest BCUT2D eigenvalue weighted by Gasteiger charge is -2.10. The second-order valence-electron chi connectivity index (χ2n) is 5.29. The Bertz CT molecular complexity index is 643. The Morgan fingerprint density at radius 3 is 2.38 bits per heavy atom. The van der Waals surface area contributed by atoms with Crippen molar-refractivity contribution in [2.24, 2.45) is 0 Å². The fourth-order valence-corrected chi connectivity index (χ4v) is 3.43. The van der Waals surface area contributed by atoms with Gasteiger partial charge in [-0.15, -0.1) is 0 Å². The third kappa shape index (κ3) is 6.43. The van der Waals surface area contributed by atoms with Crippen LogP contribution >= 0.6 is 11.6 Å². The molecule has 0 radical (unpaired) electrons. The number of ether oxygens (including phenoxy) is 1. The first kappa shape index (κ1) is 18.6. The van der Waals surface area contributed by atoms with Gasteiger partial charge in [0.25, 0.3) is 0 Å². The van der Waals surface area contributed by atoms with Crippen molar-refractivity contribution in [3.63, 3.8) is 0 Å². The molecule has 0 saturated carbocycles. The van der Waals surface area contributed by atoms with Crippen molar-refractivity contribution in [2.45, 2.75) is 24.2 Å². The molecule has 0 aliphatic carbocycles. The number of halogens is 1. The summed E-state index contributed by atoms with van der Waals surface area (Å²) in [6.07, 6.45) is 2.69. The summed E-state index contributed by atoms with van der Waals surface area (Å²) in [6, 6.07) is 14.5. The maximum atomic E-state index is 12.1. The van der Waals surface area contributed by atoms with Crippen molar-refractivity contribution < 1.29 is 19.2 Å². The Morgan fingerprint density at radius 1 is 1.08 bits per heavy atom. The van der Waals surface area contributed by atoms with Crippen LogP contribution in [0, 0.1) is 0 Å². The molecule has 0 amide bonds. The smallest absolute Gasteiger partial charge is 0.341 e. The van der Waals surface area contributed by atoms with Crippen LogP contribution in [-0.2, 0) is 22.4 Å². The molecular weight excluding hydrogens is 348 g/mol. The van der Waals surface area contributed by atoms with Gasteiger partial charge in [-0.2, -0.15) is 0 Å². The SMILES string of the molecule is O=C(O)COc1ccc(CCCC[S+]([O-])c2ccc(Cl)cc2)cc1. The minimum Gasteiger partial charge on any atom is -0.611 e.